The van der Waals surface area contributed by atoms with Crippen LogP contribution in [0.1, 0.15) is 26.5 Å². The van der Waals surface area contributed by atoms with E-state index in [9.17, 15) is 22.8 Å². The van der Waals surface area contributed by atoms with Gasteiger partial charge >= 0.3 is 37.3 Å². The molecule has 0 aliphatic carbocycles. The number of hydrogen-bond donors (Lipinski definition) is 1. The van der Waals surface area contributed by atoms with Crippen LogP contribution in [0, 0.1) is 38.0 Å². The predicted molar refractivity (Wildman–Crippen MR) is 132 cm³/mol. The zero-order valence-electron chi connectivity index (χ0n) is 18.7. The number of amides is 2. The number of carbonyl (C=O) groups is 2. The Labute approximate surface area is 243 Å². The van der Waals surface area contributed by atoms with Gasteiger partial charge in [-0.15, -0.1) is 0 Å². The SMILES string of the molecule is C=C[CH2-].[NH-]C(=O)c1cc2ccccc2c(Cl)c1NC(=O)c1cc(C(F)(F)F)nn1-c1ncccc1Cl.[U+2]. The van der Waals surface area contributed by atoms with E-state index < -0.39 is 29.4 Å². The van der Waals surface area contributed by atoms with Gasteiger partial charge < -0.3 is 15.8 Å². The molecule has 0 spiro atoms. The summed E-state index contributed by atoms with van der Waals surface area (Å²) < 4.78 is 40.7. The first kappa shape index (κ1) is 30.3. The molecule has 0 aliphatic rings. The quantitative estimate of drug-likeness (QED) is 0.222. The second-order valence-corrected chi connectivity index (χ2v) is 7.82. The smallest absolute Gasteiger partial charge is 0.663 e. The minimum Gasteiger partial charge on any atom is -0.663 e. The van der Waals surface area contributed by atoms with Gasteiger partial charge in [0.05, 0.1) is 21.6 Å². The van der Waals surface area contributed by atoms with Crippen LogP contribution in [0.2, 0.25) is 10.0 Å². The molecule has 2 aromatic heterocycles. The minimum atomic E-state index is -4.86. The van der Waals surface area contributed by atoms with Crippen molar-refractivity contribution in [2.45, 2.75) is 6.18 Å². The number of aromatic nitrogens is 3. The zero-order valence-corrected chi connectivity index (χ0v) is 24.4. The van der Waals surface area contributed by atoms with Gasteiger partial charge in [0.15, 0.2) is 11.5 Å². The Balaban J connectivity index is 0.00000115. The van der Waals surface area contributed by atoms with Crippen LogP contribution in [-0.4, -0.2) is 26.6 Å². The number of rotatable bonds is 4. The van der Waals surface area contributed by atoms with Gasteiger partial charge in [-0.25, -0.2) is 29.2 Å². The van der Waals surface area contributed by atoms with E-state index in [4.69, 9.17) is 28.9 Å². The summed E-state index contributed by atoms with van der Waals surface area (Å²) in [4.78, 5) is 28.9. The van der Waals surface area contributed by atoms with Gasteiger partial charge in [0.25, 0.3) is 5.91 Å². The molecule has 4 aromatic rings. The third-order valence-electron chi connectivity index (χ3n) is 4.64. The first-order valence-corrected chi connectivity index (χ1v) is 10.7. The summed E-state index contributed by atoms with van der Waals surface area (Å²) in [5.74, 6) is -2.42. The van der Waals surface area contributed by atoms with Crippen molar-refractivity contribution in [1.29, 1.82) is 0 Å². The molecule has 2 amide bonds. The predicted octanol–water partition coefficient (Wildman–Crippen LogP) is 7.20. The fourth-order valence-electron chi connectivity index (χ4n) is 3.16. The summed E-state index contributed by atoms with van der Waals surface area (Å²) in [5.41, 5.74) is 5.17. The third kappa shape index (κ3) is 6.68. The number of hydrogen-bond acceptors (Lipinski definition) is 4. The van der Waals surface area contributed by atoms with E-state index in [0.29, 0.717) is 21.5 Å². The minimum absolute atomic E-state index is 0. The van der Waals surface area contributed by atoms with Gasteiger partial charge in [-0.3, -0.25) is 4.79 Å². The van der Waals surface area contributed by atoms with Gasteiger partial charge in [-0.1, -0.05) is 47.5 Å². The zero-order chi connectivity index (χ0) is 26.6. The van der Waals surface area contributed by atoms with Crippen LogP contribution in [0.4, 0.5) is 18.9 Å². The normalized spacial score (nSPS) is 10.6. The maximum Gasteiger partial charge on any atom is 2.00 e. The standard InChI is InChI=1S/C21H12Cl2F3N5O2.C3H5.U/c22-13-6-3-7-28-19(13)31-14(9-15(30-31)21(24,25)26)20(33)29-17-12(18(27)32)8-10-4-1-2-5-11(10)16(17)23;1-3-2;/h1-9H,(H3,27,29,32,33);3H,1-2H2;/q;-1;+2/p-1. The molecule has 188 valence electrons. The molecule has 4 rings (SSSR count). The Morgan fingerprint density at radius 1 is 1.14 bits per heavy atom. The molecule has 0 aliphatic heterocycles. The number of pyridine rings is 1. The van der Waals surface area contributed by atoms with E-state index in [2.05, 4.69) is 28.9 Å². The van der Waals surface area contributed by atoms with Gasteiger partial charge in [-0.2, -0.15) is 18.3 Å². The van der Waals surface area contributed by atoms with E-state index in [1.165, 1.54) is 30.5 Å². The summed E-state index contributed by atoms with van der Waals surface area (Å²) in [5, 5.41) is 6.72. The summed E-state index contributed by atoms with van der Waals surface area (Å²) >= 11 is 12.4. The number of benzene rings is 2. The van der Waals surface area contributed by atoms with Crippen molar-refractivity contribution in [2.75, 3.05) is 5.32 Å². The van der Waals surface area contributed by atoms with Gasteiger partial charge in [0, 0.05) is 23.2 Å². The molecular weight excluding hydrogens is 756 g/mol. The Kier molecular flexibility index (Phi) is 10.2. The number of alkyl halides is 3. The van der Waals surface area contributed by atoms with Gasteiger partial charge in [0.1, 0.15) is 5.69 Å². The second-order valence-electron chi connectivity index (χ2n) is 7.04. The van der Waals surface area contributed by atoms with Crippen LogP contribution in [-0.2, 0) is 6.18 Å². The second kappa shape index (κ2) is 12.5. The molecule has 0 fully saturated rings. The van der Waals surface area contributed by atoms with E-state index >= 15 is 0 Å². The van der Waals surface area contributed by atoms with Crippen molar-refractivity contribution < 1.29 is 53.9 Å². The third-order valence-corrected chi connectivity index (χ3v) is 5.33. The number of carbonyl (C=O) groups excluding carboxylic acids is 2. The number of anilines is 1. The molecule has 0 saturated carbocycles. The van der Waals surface area contributed by atoms with Crippen LogP contribution in [0.15, 0.2) is 67.4 Å². The molecular formula is C24H16Cl2F3N5O2U. The Morgan fingerprint density at radius 3 is 2.38 bits per heavy atom. The van der Waals surface area contributed by atoms with Gasteiger partial charge in [-0.05, 0) is 23.6 Å². The Morgan fingerprint density at radius 2 is 1.78 bits per heavy atom. The average molecular weight is 772 g/mol. The van der Waals surface area contributed by atoms with E-state index in [-0.39, 0.29) is 58.2 Å². The molecule has 13 heteroatoms. The van der Waals surface area contributed by atoms with Crippen LogP contribution in [0.25, 0.3) is 22.3 Å². The molecule has 2 N–H and O–H groups in total. The van der Waals surface area contributed by atoms with Crippen LogP contribution in [0.3, 0.4) is 0 Å². The topological polar surface area (TPSA) is 101 Å². The van der Waals surface area contributed by atoms with E-state index in [0.717, 1.165) is 0 Å². The number of allylic oxidation sites excluding steroid dienone is 1. The summed E-state index contributed by atoms with van der Waals surface area (Å²) in [6.07, 6.45) is -2.08. The fraction of sp³-hybridized carbons (Fsp3) is 0.0417. The first-order valence-electron chi connectivity index (χ1n) is 9.96. The molecule has 37 heavy (non-hydrogen) atoms. The number of nitrogens with zero attached hydrogens (tertiary/aromatic N) is 3. The van der Waals surface area contributed by atoms with Crippen molar-refractivity contribution in [3.63, 3.8) is 0 Å². The average Bonchev–Trinajstić information content (AvgIpc) is 3.27. The molecule has 0 radical (unpaired) electrons. The molecule has 7 nitrogen and oxygen atoms in total. The number of halogens is 5. The van der Waals surface area contributed by atoms with Crippen molar-refractivity contribution in [2.24, 2.45) is 0 Å². The van der Waals surface area contributed by atoms with E-state index in [1.54, 1.807) is 24.3 Å². The Bertz CT molecular complexity index is 1470. The summed E-state index contributed by atoms with van der Waals surface area (Å²) in [7, 11) is 0. The number of nitrogens with one attached hydrogen (secondary N) is 2. The maximum atomic E-state index is 13.3. The largest absolute Gasteiger partial charge is 2.00 e. The van der Waals surface area contributed by atoms with Crippen molar-refractivity contribution >= 4 is 51.5 Å². The fourth-order valence-corrected chi connectivity index (χ4v) is 3.68. The van der Waals surface area contributed by atoms with Crippen LogP contribution < -0.4 is 5.32 Å². The molecule has 0 unspecified atom stereocenters. The summed E-state index contributed by atoms with van der Waals surface area (Å²) in [6, 6.07) is 11.4. The molecule has 2 aromatic carbocycles. The van der Waals surface area contributed by atoms with Crippen molar-refractivity contribution in [1.82, 2.24) is 14.8 Å². The van der Waals surface area contributed by atoms with Crippen molar-refractivity contribution in [3.05, 3.63) is 107 Å². The van der Waals surface area contributed by atoms with Crippen molar-refractivity contribution in [3.8, 4) is 5.82 Å². The van der Waals surface area contributed by atoms with Crippen LogP contribution >= 0.6 is 23.2 Å². The molecule has 2 heterocycles. The van der Waals surface area contributed by atoms with Crippen LogP contribution in [0.5, 0.6) is 0 Å². The molecule has 0 bridgehead atoms. The maximum absolute atomic E-state index is 13.3. The monoisotopic (exact) mass is 771 g/mol. The molecule has 0 atom stereocenters. The first-order chi connectivity index (χ1) is 17.0. The van der Waals surface area contributed by atoms with Gasteiger partial charge in [0.2, 0.25) is 0 Å². The molecule has 0 saturated heterocycles. The summed E-state index contributed by atoms with van der Waals surface area (Å²) in [6.45, 7) is 6.50. The number of fused-ring (bicyclic) bond motifs is 1. The van der Waals surface area contributed by atoms with E-state index in [1.807, 2.05) is 0 Å². The Hall–Kier alpha value is -2.97.